The van der Waals surface area contributed by atoms with Crippen molar-refractivity contribution in [3.05, 3.63) is 76.4 Å². The number of benzene rings is 1. The molecule has 2 amide bonds. The molecule has 29 heavy (non-hydrogen) atoms. The van der Waals surface area contributed by atoms with Crippen molar-refractivity contribution in [2.45, 2.75) is 44.7 Å². The second-order valence-corrected chi connectivity index (χ2v) is 8.38. The van der Waals surface area contributed by atoms with E-state index in [1.807, 2.05) is 48.7 Å². The van der Waals surface area contributed by atoms with Gasteiger partial charge >= 0.3 is 0 Å². The van der Waals surface area contributed by atoms with Gasteiger partial charge in [0.15, 0.2) is 11.8 Å². The first-order chi connectivity index (χ1) is 14.1. The van der Waals surface area contributed by atoms with Gasteiger partial charge in [-0.3, -0.25) is 14.5 Å². The zero-order valence-electron chi connectivity index (χ0n) is 16.3. The fourth-order valence-corrected chi connectivity index (χ4v) is 4.66. The number of aryl methyl sites for hydroxylation is 1. The smallest absolute Gasteiger partial charge is 0.295 e. The minimum Gasteiger partial charge on any atom is -0.459 e. The molecule has 1 aliphatic rings. The van der Waals surface area contributed by atoms with E-state index in [1.54, 1.807) is 17.0 Å². The van der Waals surface area contributed by atoms with Gasteiger partial charge in [-0.1, -0.05) is 31.0 Å². The van der Waals surface area contributed by atoms with Gasteiger partial charge in [-0.2, -0.15) is 0 Å². The number of amides is 2. The Bertz CT molecular complexity index is 960. The van der Waals surface area contributed by atoms with E-state index < -0.39 is 6.04 Å². The normalized spacial score (nSPS) is 15.2. The number of furan rings is 1. The highest BCUT2D eigenvalue weighted by Crippen LogP contribution is 2.33. The maximum atomic E-state index is 13.5. The average molecular weight is 409 g/mol. The molecule has 0 bridgehead atoms. The van der Waals surface area contributed by atoms with Gasteiger partial charge in [0.1, 0.15) is 0 Å². The van der Waals surface area contributed by atoms with Gasteiger partial charge in [-0.15, -0.1) is 11.3 Å². The molecule has 5 nitrogen and oxygen atoms in total. The third-order valence-electron chi connectivity index (χ3n) is 5.25. The lowest BCUT2D eigenvalue weighted by Gasteiger charge is -2.31. The first-order valence-electron chi connectivity index (χ1n) is 9.91. The van der Waals surface area contributed by atoms with Crippen molar-refractivity contribution in [2.24, 2.45) is 0 Å². The van der Waals surface area contributed by atoms with Crippen molar-refractivity contribution < 1.29 is 14.0 Å². The summed E-state index contributed by atoms with van der Waals surface area (Å²) in [5, 5.41) is 5.10. The highest BCUT2D eigenvalue weighted by molar-refractivity contribution is 7.10. The highest BCUT2D eigenvalue weighted by Gasteiger charge is 2.36. The van der Waals surface area contributed by atoms with E-state index in [-0.39, 0.29) is 23.6 Å². The number of hydrogen-bond acceptors (Lipinski definition) is 4. The van der Waals surface area contributed by atoms with Gasteiger partial charge < -0.3 is 9.73 Å². The van der Waals surface area contributed by atoms with E-state index in [0.29, 0.717) is 5.69 Å². The predicted octanol–water partition coefficient (Wildman–Crippen LogP) is 5.10. The Kier molecular flexibility index (Phi) is 5.81. The monoisotopic (exact) mass is 408 g/mol. The number of nitrogens with one attached hydrogen (secondary N) is 1. The van der Waals surface area contributed by atoms with E-state index in [0.717, 1.165) is 36.1 Å². The van der Waals surface area contributed by atoms with Gasteiger partial charge in [-0.05, 0) is 61.0 Å². The number of hydrogen-bond donors (Lipinski definition) is 1. The average Bonchev–Trinajstić information content (AvgIpc) is 3.49. The molecule has 1 fully saturated rings. The zero-order valence-corrected chi connectivity index (χ0v) is 17.2. The topological polar surface area (TPSA) is 62.6 Å². The number of carbonyl (C=O) groups is 2. The molecule has 0 spiro atoms. The lowest BCUT2D eigenvalue weighted by molar-refractivity contribution is -0.123. The molecule has 1 aliphatic carbocycles. The van der Waals surface area contributed by atoms with Crippen LogP contribution in [0.2, 0.25) is 0 Å². The summed E-state index contributed by atoms with van der Waals surface area (Å²) in [6.07, 6.45) is 5.70. The van der Waals surface area contributed by atoms with Crippen molar-refractivity contribution >= 4 is 28.8 Å². The highest BCUT2D eigenvalue weighted by atomic mass is 32.1. The van der Waals surface area contributed by atoms with E-state index >= 15 is 0 Å². The summed E-state index contributed by atoms with van der Waals surface area (Å²) in [5.74, 6) is -0.275. The van der Waals surface area contributed by atoms with Crippen molar-refractivity contribution in [2.75, 3.05) is 4.90 Å². The fourth-order valence-electron chi connectivity index (χ4n) is 3.85. The molecule has 0 radical (unpaired) electrons. The predicted molar refractivity (Wildman–Crippen MR) is 114 cm³/mol. The molecule has 1 unspecified atom stereocenters. The van der Waals surface area contributed by atoms with Gasteiger partial charge in [0.25, 0.3) is 5.91 Å². The van der Waals surface area contributed by atoms with Crippen LogP contribution in [0.1, 0.15) is 52.7 Å². The first kappa shape index (κ1) is 19.5. The fraction of sp³-hybridized carbons (Fsp3) is 0.304. The van der Waals surface area contributed by atoms with Crippen LogP contribution < -0.4 is 10.2 Å². The molecule has 1 atom stereocenters. The Morgan fingerprint density at radius 1 is 1.14 bits per heavy atom. The number of rotatable bonds is 6. The van der Waals surface area contributed by atoms with E-state index in [9.17, 15) is 9.59 Å². The van der Waals surface area contributed by atoms with Crippen LogP contribution in [0, 0.1) is 6.92 Å². The quantitative estimate of drug-likeness (QED) is 0.617. The second-order valence-electron chi connectivity index (χ2n) is 7.40. The molecule has 150 valence electrons. The molecule has 0 saturated heterocycles. The summed E-state index contributed by atoms with van der Waals surface area (Å²) in [5.41, 5.74) is 1.69. The van der Waals surface area contributed by atoms with Crippen LogP contribution >= 0.6 is 11.3 Å². The van der Waals surface area contributed by atoms with Crippen LogP contribution in [0.3, 0.4) is 0 Å². The number of thiophene rings is 1. The molecule has 1 N–H and O–H groups in total. The third-order valence-corrected chi connectivity index (χ3v) is 6.18. The molecule has 1 aromatic carbocycles. The first-order valence-corrected chi connectivity index (χ1v) is 10.8. The summed E-state index contributed by atoms with van der Waals surface area (Å²) in [6.45, 7) is 1.97. The summed E-state index contributed by atoms with van der Waals surface area (Å²) < 4.78 is 5.39. The second kappa shape index (κ2) is 8.66. The van der Waals surface area contributed by atoms with E-state index in [2.05, 4.69) is 5.32 Å². The minimum atomic E-state index is -0.755. The van der Waals surface area contributed by atoms with Crippen molar-refractivity contribution in [3.63, 3.8) is 0 Å². The minimum absolute atomic E-state index is 0.152. The standard InChI is InChI=1S/C23H24N2O3S/c1-16-7-4-10-18(15-16)25(23(27)19-11-5-13-28-19)21(20-12-6-14-29-20)22(26)24-17-8-2-3-9-17/h4-7,10-15,17,21H,2-3,8-9H2,1H3,(H,24,26). The Balaban J connectivity index is 1.77. The van der Waals surface area contributed by atoms with Gasteiger partial charge in [0, 0.05) is 16.6 Å². The van der Waals surface area contributed by atoms with E-state index in [1.165, 1.54) is 17.6 Å². The van der Waals surface area contributed by atoms with Crippen LogP contribution in [0.25, 0.3) is 0 Å². The largest absolute Gasteiger partial charge is 0.459 e. The lowest BCUT2D eigenvalue weighted by atomic mass is 10.1. The van der Waals surface area contributed by atoms with Gasteiger partial charge in [-0.25, -0.2) is 0 Å². The van der Waals surface area contributed by atoms with Crippen LogP contribution in [0.5, 0.6) is 0 Å². The van der Waals surface area contributed by atoms with Crippen LogP contribution in [0.15, 0.2) is 64.6 Å². The molecule has 0 aliphatic heterocycles. The number of carbonyl (C=O) groups excluding carboxylic acids is 2. The third kappa shape index (κ3) is 4.27. The summed E-state index contributed by atoms with van der Waals surface area (Å²) in [4.78, 5) is 29.3. The molecule has 6 heteroatoms. The molecular weight excluding hydrogens is 384 g/mol. The Morgan fingerprint density at radius 2 is 1.97 bits per heavy atom. The maximum Gasteiger partial charge on any atom is 0.295 e. The molecule has 2 aromatic heterocycles. The Hall–Kier alpha value is -2.86. The molecule has 4 rings (SSSR count). The SMILES string of the molecule is Cc1cccc(N(C(=O)c2ccco2)C(C(=O)NC2CCCC2)c2cccs2)c1. The number of anilines is 1. The molecule has 2 heterocycles. The Morgan fingerprint density at radius 3 is 2.62 bits per heavy atom. The van der Waals surface area contributed by atoms with E-state index in [4.69, 9.17) is 4.42 Å². The Labute approximate surface area is 174 Å². The lowest BCUT2D eigenvalue weighted by Crippen LogP contribution is -2.46. The van der Waals surface area contributed by atoms with Crippen molar-refractivity contribution in [3.8, 4) is 0 Å². The van der Waals surface area contributed by atoms with Gasteiger partial charge in [0.05, 0.1) is 6.26 Å². The van der Waals surface area contributed by atoms with Crippen LogP contribution in [-0.2, 0) is 4.79 Å². The van der Waals surface area contributed by atoms with Crippen molar-refractivity contribution in [1.29, 1.82) is 0 Å². The summed E-state index contributed by atoms with van der Waals surface area (Å²) >= 11 is 1.47. The maximum absolute atomic E-state index is 13.5. The molecule has 3 aromatic rings. The van der Waals surface area contributed by atoms with Gasteiger partial charge in [0.2, 0.25) is 5.91 Å². The van der Waals surface area contributed by atoms with Crippen LogP contribution in [-0.4, -0.2) is 17.9 Å². The van der Waals surface area contributed by atoms with Crippen LogP contribution in [0.4, 0.5) is 5.69 Å². The zero-order chi connectivity index (χ0) is 20.2. The molecular formula is C23H24N2O3S. The molecule has 1 saturated carbocycles. The van der Waals surface area contributed by atoms with Crippen molar-refractivity contribution in [1.82, 2.24) is 5.32 Å². The number of nitrogens with zero attached hydrogens (tertiary/aromatic N) is 1. The summed E-state index contributed by atoms with van der Waals surface area (Å²) in [7, 11) is 0. The summed E-state index contributed by atoms with van der Waals surface area (Å²) in [6, 6.07) is 14.2.